The second kappa shape index (κ2) is 5.40. The molecule has 0 fully saturated rings. The summed E-state index contributed by atoms with van der Waals surface area (Å²) in [6, 6.07) is 7.38. The van der Waals surface area contributed by atoms with Gasteiger partial charge < -0.3 is 11.1 Å². The predicted molar refractivity (Wildman–Crippen MR) is 79.5 cm³/mol. The SMILES string of the molecule is Cc1nc(NC(=O)C(C)c2cccc(N)c2)sc1C. The number of aryl methyl sites for hydroxylation is 2. The number of hydrogen-bond donors (Lipinski definition) is 2. The van der Waals surface area contributed by atoms with E-state index in [1.807, 2.05) is 45.0 Å². The lowest BCUT2D eigenvalue weighted by molar-refractivity contribution is -0.117. The van der Waals surface area contributed by atoms with Crippen LogP contribution >= 0.6 is 11.3 Å². The maximum atomic E-state index is 12.2. The fourth-order valence-corrected chi connectivity index (χ4v) is 2.54. The van der Waals surface area contributed by atoms with Crippen molar-refractivity contribution in [3.8, 4) is 0 Å². The van der Waals surface area contributed by atoms with Crippen LogP contribution in [0.25, 0.3) is 0 Å². The molecule has 1 unspecified atom stereocenters. The zero-order valence-corrected chi connectivity index (χ0v) is 12.0. The first-order valence-electron chi connectivity index (χ1n) is 6.07. The number of nitrogens with zero attached hydrogens (tertiary/aromatic N) is 1. The molecule has 1 atom stereocenters. The summed E-state index contributed by atoms with van der Waals surface area (Å²) in [5.74, 6) is -0.327. The second-order valence-electron chi connectivity index (χ2n) is 4.54. The maximum absolute atomic E-state index is 12.2. The lowest BCUT2D eigenvalue weighted by atomic mass is 10.00. The van der Waals surface area contributed by atoms with Gasteiger partial charge in [0.25, 0.3) is 0 Å². The molecule has 0 radical (unpaired) electrons. The molecule has 2 aromatic rings. The smallest absolute Gasteiger partial charge is 0.233 e. The number of aromatic nitrogens is 1. The van der Waals surface area contributed by atoms with Gasteiger partial charge in [0.05, 0.1) is 11.6 Å². The summed E-state index contributed by atoms with van der Waals surface area (Å²) in [6.07, 6.45) is 0. The maximum Gasteiger partial charge on any atom is 0.233 e. The molecule has 0 saturated carbocycles. The van der Waals surface area contributed by atoms with Crippen molar-refractivity contribution in [3.05, 3.63) is 40.4 Å². The van der Waals surface area contributed by atoms with Crippen LogP contribution in [0.1, 0.15) is 29.0 Å². The normalized spacial score (nSPS) is 12.2. The number of nitrogen functional groups attached to an aromatic ring is 1. The number of nitrogens with two attached hydrogens (primary N) is 1. The third-order valence-corrected chi connectivity index (χ3v) is 4.05. The standard InChI is InChI=1S/C14H17N3OS/c1-8(11-5-4-6-12(15)7-11)13(18)17-14-16-9(2)10(3)19-14/h4-8H,15H2,1-3H3,(H,16,17,18). The molecule has 1 aromatic carbocycles. The van der Waals surface area contributed by atoms with Gasteiger partial charge >= 0.3 is 0 Å². The highest BCUT2D eigenvalue weighted by Gasteiger charge is 2.17. The van der Waals surface area contributed by atoms with Crippen LogP contribution in [0.15, 0.2) is 24.3 Å². The molecular weight excluding hydrogens is 258 g/mol. The highest BCUT2D eigenvalue weighted by molar-refractivity contribution is 7.15. The van der Waals surface area contributed by atoms with Crippen LogP contribution in [-0.2, 0) is 4.79 Å². The van der Waals surface area contributed by atoms with Gasteiger partial charge in [0.1, 0.15) is 0 Å². The summed E-state index contributed by atoms with van der Waals surface area (Å²) in [7, 11) is 0. The lowest BCUT2D eigenvalue weighted by Gasteiger charge is -2.11. The number of carbonyl (C=O) groups excluding carboxylic acids is 1. The molecule has 1 amide bonds. The molecule has 100 valence electrons. The van der Waals surface area contributed by atoms with Crippen LogP contribution in [-0.4, -0.2) is 10.9 Å². The molecule has 0 aliphatic heterocycles. The number of nitrogens with one attached hydrogen (secondary N) is 1. The average Bonchev–Trinajstić information content (AvgIpc) is 2.67. The van der Waals surface area contributed by atoms with Gasteiger partial charge in [0, 0.05) is 10.6 Å². The Morgan fingerprint density at radius 2 is 2.16 bits per heavy atom. The van der Waals surface area contributed by atoms with Crippen LogP contribution in [0, 0.1) is 13.8 Å². The highest BCUT2D eigenvalue weighted by atomic mass is 32.1. The fourth-order valence-electron chi connectivity index (χ4n) is 1.72. The molecule has 0 aliphatic rings. The molecule has 19 heavy (non-hydrogen) atoms. The minimum absolute atomic E-state index is 0.0700. The Morgan fingerprint density at radius 1 is 1.42 bits per heavy atom. The van der Waals surface area contributed by atoms with Crippen molar-refractivity contribution in [2.75, 3.05) is 11.1 Å². The van der Waals surface area contributed by atoms with E-state index in [9.17, 15) is 4.79 Å². The van der Waals surface area contributed by atoms with Crippen LogP contribution < -0.4 is 11.1 Å². The molecule has 1 aromatic heterocycles. The van der Waals surface area contributed by atoms with Crippen molar-refractivity contribution >= 4 is 28.1 Å². The van der Waals surface area contributed by atoms with E-state index in [1.165, 1.54) is 11.3 Å². The Labute approximate surface area is 116 Å². The van der Waals surface area contributed by atoms with Gasteiger partial charge in [-0.3, -0.25) is 4.79 Å². The van der Waals surface area contributed by atoms with Crippen molar-refractivity contribution in [3.63, 3.8) is 0 Å². The van der Waals surface area contributed by atoms with E-state index in [0.717, 1.165) is 16.1 Å². The topological polar surface area (TPSA) is 68.0 Å². The van der Waals surface area contributed by atoms with Gasteiger partial charge in [0.15, 0.2) is 5.13 Å². The Morgan fingerprint density at radius 3 is 2.74 bits per heavy atom. The summed E-state index contributed by atoms with van der Waals surface area (Å²) in [5, 5.41) is 3.50. The zero-order valence-electron chi connectivity index (χ0n) is 11.2. The Hall–Kier alpha value is -1.88. The fraction of sp³-hybridized carbons (Fsp3) is 0.286. The molecule has 1 heterocycles. The third-order valence-electron chi connectivity index (χ3n) is 3.06. The van der Waals surface area contributed by atoms with E-state index in [1.54, 1.807) is 0 Å². The summed E-state index contributed by atoms with van der Waals surface area (Å²) in [6.45, 7) is 5.78. The molecule has 0 bridgehead atoms. The first-order valence-corrected chi connectivity index (χ1v) is 6.89. The number of hydrogen-bond acceptors (Lipinski definition) is 4. The van der Waals surface area contributed by atoms with Gasteiger partial charge in [-0.05, 0) is 38.5 Å². The van der Waals surface area contributed by atoms with E-state index < -0.39 is 0 Å². The molecule has 4 nitrogen and oxygen atoms in total. The minimum Gasteiger partial charge on any atom is -0.399 e. The summed E-state index contributed by atoms with van der Waals surface area (Å²) >= 11 is 1.49. The molecule has 5 heteroatoms. The Balaban J connectivity index is 2.11. The van der Waals surface area contributed by atoms with Crippen molar-refractivity contribution < 1.29 is 4.79 Å². The van der Waals surface area contributed by atoms with Crippen LogP contribution in [0.4, 0.5) is 10.8 Å². The van der Waals surface area contributed by atoms with E-state index in [2.05, 4.69) is 10.3 Å². The van der Waals surface area contributed by atoms with Crippen LogP contribution in [0.5, 0.6) is 0 Å². The Kier molecular flexibility index (Phi) is 3.85. The molecular formula is C14H17N3OS. The lowest BCUT2D eigenvalue weighted by Crippen LogP contribution is -2.18. The number of anilines is 2. The van der Waals surface area contributed by atoms with Gasteiger partial charge in [0.2, 0.25) is 5.91 Å². The number of benzene rings is 1. The molecule has 0 aliphatic carbocycles. The van der Waals surface area contributed by atoms with Gasteiger partial charge in [-0.1, -0.05) is 12.1 Å². The number of thiazole rings is 1. The van der Waals surface area contributed by atoms with E-state index in [4.69, 9.17) is 5.73 Å². The van der Waals surface area contributed by atoms with Crippen LogP contribution in [0.2, 0.25) is 0 Å². The highest BCUT2D eigenvalue weighted by Crippen LogP contribution is 2.24. The van der Waals surface area contributed by atoms with Gasteiger partial charge in [-0.25, -0.2) is 4.98 Å². The zero-order chi connectivity index (χ0) is 14.0. The van der Waals surface area contributed by atoms with E-state index in [-0.39, 0.29) is 11.8 Å². The third kappa shape index (κ3) is 3.12. The molecule has 3 N–H and O–H groups in total. The number of rotatable bonds is 3. The van der Waals surface area contributed by atoms with E-state index in [0.29, 0.717) is 10.8 Å². The molecule has 2 rings (SSSR count). The van der Waals surface area contributed by atoms with Gasteiger partial charge in [-0.2, -0.15) is 0 Å². The quantitative estimate of drug-likeness (QED) is 0.846. The van der Waals surface area contributed by atoms with Crippen molar-refractivity contribution in [2.45, 2.75) is 26.7 Å². The monoisotopic (exact) mass is 275 g/mol. The van der Waals surface area contributed by atoms with Crippen LogP contribution in [0.3, 0.4) is 0 Å². The first-order chi connectivity index (χ1) is 8.97. The van der Waals surface area contributed by atoms with Gasteiger partial charge in [-0.15, -0.1) is 11.3 Å². The second-order valence-corrected chi connectivity index (χ2v) is 5.74. The molecule has 0 spiro atoms. The average molecular weight is 275 g/mol. The predicted octanol–water partition coefficient (Wildman–Crippen LogP) is 3.08. The number of carbonyl (C=O) groups is 1. The van der Waals surface area contributed by atoms with E-state index >= 15 is 0 Å². The van der Waals surface area contributed by atoms with Crippen molar-refractivity contribution in [1.82, 2.24) is 4.98 Å². The Bertz CT molecular complexity index is 587. The number of amides is 1. The largest absolute Gasteiger partial charge is 0.399 e. The minimum atomic E-state index is -0.256. The summed E-state index contributed by atoms with van der Waals surface area (Å²) in [4.78, 5) is 17.6. The first kappa shape index (κ1) is 13.5. The summed E-state index contributed by atoms with van der Waals surface area (Å²) < 4.78 is 0. The van der Waals surface area contributed by atoms with Crippen molar-refractivity contribution in [2.24, 2.45) is 0 Å². The van der Waals surface area contributed by atoms with Crippen molar-refractivity contribution in [1.29, 1.82) is 0 Å². The summed E-state index contributed by atoms with van der Waals surface area (Å²) in [5.41, 5.74) is 8.26. The molecule has 0 saturated heterocycles.